The predicted octanol–water partition coefficient (Wildman–Crippen LogP) is 3.50. The first-order valence-electron chi connectivity index (χ1n) is 8.00. The van der Waals surface area contributed by atoms with Crippen LogP contribution in [0, 0.1) is 5.92 Å². The number of amides is 1. The van der Waals surface area contributed by atoms with Gasteiger partial charge < -0.3 is 5.32 Å². The van der Waals surface area contributed by atoms with Crippen molar-refractivity contribution in [1.82, 2.24) is 4.31 Å². The number of carbonyl (C=O) groups is 1. The summed E-state index contributed by atoms with van der Waals surface area (Å²) >= 11 is 6.08. The van der Waals surface area contributed by atoms with Crippen molar-refractivity contribution in [3.8, 4) is 0 Å². The van der Waals surface area contributed by atoms with Crippen molar-refractivity contribution >= 4 is 33.2 Å². The molecule has 1 aliphatic rings. The van der Waals surface area contributed by atoms with Gasteiger partial charge in [0.2, 0.25) is 15.9 Å². The van der Waals surface area contributed by atoms with Gasteiger partial charge in [0.1, 0.15) is 4.90 Å². The van der Waals surface area contributed by atoms with Gasteiger partial charge in [-0.2, -0.15) is 4.31 Å². The lowest BCUT2D eigenvalue weighted by Gasteiger charge is -2.20. The number of carbonyl (C=O) groups excluding carboxylic acids is 1. The minimum atomic E-state index is -3.66. The Hall–Kier alpha value is -1.11. The van der Waals surface area contributed by atoms with E-state index in [1.807, 2.05) is 0 Å². The average molecular weight is 359 g/mol. The largest absolute Gasteiger partial charge is 0.326 e. The molecule has 23 heavy (non-hydrogen) atoms. The van der Waals surface area contributed by atoms with Crippen molar-refractivity contribution in [3.63, 3.8) is 0 Å². The molecule has 0 saturated heterocycles. The summed E-state index contributed by atoms with van der Waals surface area (Å²) in [5.74, 6) is -0.0236. The molecule has 0 spiro atoms. The van der Waals surface area contributed by atoms with Crippen LogP contribution < -0.4 is 5.32 Å². The summed E-state index contributed by atoms with van der Waals surface area (Å²) in [6, 6.07) is 4.60. The molecule has 1 saturated carbocycles. The van der Waals surface area contributed by atoms with E-state index in [-0.39, 0.29) is 21.7 Å². The second-order valence-electron chi connectivity index (χ2n) is 5.71. The van der Waals surface area contributed by atoms with Gasteiger partial charge in [0, 0.05) is 24.7 Å². The van der Waals surface area contributed by atoms with Crippen LogP contribution in [0.15, 0.2) is 23.1 Å². The molecular weight excluding hydrogens is 336 g/mol. The van der Waals surface area contributed by atoms with E-state index in [2.05, 4.69) is 5.32 Å². The Morgan fingerprint density at radius 2 is 1.87 bits per heavy atom. The van der Waals surface area contributed by atoms with Crippen molar-refractivity contribution in [3.05, 3.63) is 23.2 Å². The molecule has 7 heteroatoms. The summed E-state index contributed by atoms with van der Waals surface area (Å²) in [7, 11) is -3.66. The van der Waals surface area contributed by atoms with Gasteiger partial charge in [-0.15, -0.1) is 0 Å². The van der Waals surface area contributed by atoms with Gasteiger partial charge in [-0.25, -0.2) is 8.42 Å². The van der Waals surface area contributed by atoms with Gasteiger partial charge in [0.25, 0.3) is 0 Å². The molecule has 0 atom stereocenters. The Labute approximate surface area is 143 Å². The van der Waals surface area contributed by atoms with Crippen LogP contribution in [0.25, 0.3) is 0 Å². The molecule has 0 unspecified atom stereocenters. The molecule has 0 bridgehead atoms. The Kier molecular flexibility index (Phi) is 6.06. The zero-order chi connectivity index (χ0) is 17.0. The van der Waals surface area contributed by atoms with Crippen LogP contribution in [-0.4, -0.2) is 31.7 Å². The topological polar surface area (TPSA) is 66.5 Å². The highest BCUT2D eigenvalue weighted by atomic mass is 35.5. The molecule has 128 valence electrons. The monoisotopic (exact) mass is 358 g/mol. The summed E-state index contributed by atoms with van der Waals surface area (Å²) in [5.41, 5.74) is 0.469. The maximum atomic E-state index is 12.6. The van der Waals surface area contributed by atoms with Gasteiger partial charge in [-0.3, -0.25) is 4.79 Å². The summed E-state index contributed by atoms with van der Waals surface area (Å²) in [6.45, 7) is 4.29. The summed E-state index contributed by atoms with van der Waals surface area (Å²) in [5, 5.41) is 2.98. The van der Waals surface area contributed by atoms with Crippen LogP contribution in [0.5, 0.6) is 0 Å². The Balaban J connectivity index is 2.26. The predicted molar refractivity (Wildman–Crippen MR) is 92.1 cm³/mol. The number of anilines is 1. The highest BCUT2D eigenvalue weighted by Crippen LogP contribution is 2.29. The number of hydrogen-bond donors (Lipinski definition) is 1. The lowest BCUT2D eigenvalue weighted by molar-refractivity contribution is -0.119. The fourth-order valence-corrected chi connectivity index (χ4v) is 4.87. The molecule has 1 aromatic rings. The maximum absolute atomic E-state index is 12.6. The van der Waals surface area contributed by atoms with Crippen LogP contribution in [0.1, 0.15) is 39.5 Å². The standard InChI is InChI=1S/C16H23ClN2O3S/c1-3-19(4-2)23(21,22)15-11-13(9-10-14(15)17)18-16(20)12-7-5-6-8-12/h9-12H,3-8H2,1-2H3,(H,18,20). The number of sulfonamides is 1. The van der Waals surface area contributed by atoms with Crippen molar-refractivity contribution < 1.29 is 13.2 Å². The van der Waals surface area contributed by atoms with E-state index < -0.39 is 10.0 Å². The second kappa shape index (κ2) is 7.64. The van der Waals surface area contributed by atoms with Crippen LogP contribution in [0.2, 0.25) is 5.02 Å². The molecular formula is C16H23ClN2O3S. The number of halogens is 1. The molecule has 0 aliphatic heterocycles. The number of nitrogens with one attached hydrogen (secondary N) is 1. The third kappa shape index (κ3) is 4.05. The van der Waals surface area contributed by atoms with E-state index in [4.69, 9.17) is 11.6 Å². The van der Waals surface area contributed by atoms with Crippen LogP contribution in [0.4, 0.5) is 5.69 Å². The van der Waals surface area contributed by atoms with Gasteiger partial charge in [-0.05, 0) is 31.0 Å². The van der Waals surface area contributed by atoms with E-state index in [0.29, 0.717) is 18.8 Å². The number of rotatable bonds is 6. The summed E-state index contributed by atoms with van der Waals surface area (Å²) in [6.07, 6.45) is 3.93. The quantitative estimate of drug-likeness (QED) is 0.846. The minimum absolute atomic E-state index is 0.0218. The first-order chi connectivity index (χ1) is 10.9. The number of nitrogens with zero attached hydrogens (tertiary/aromatic N) is 1. The van der Waals surface area contributed by atoms with Crippen LogP contribution >= 0.6 is 11.6 Å². The van der Waals surface area contributed by atoms with E-state index in [0.717, 1.165) is 25.7 Å². The van der Waals surface area contributed by atoms with E-state index in [1.54, 1.807) is 19.9 Å². The van der Waals surface area contributed by atoms with E-state index in [1.165, 1.54) is 16.4 Å². The average Bonchev–Trinajstić information content (AvgIpc) is 3.04. The van der Waals surface area contributed by atoms with Crippen LogP contribution in [0.3, 0.4) is 0 Å². The molecule has 1 fully saturated rings. The van der Waals surface area contributed by atoms with Gasteiger partial charge >= 0.3 is 0 Å². The van der Waals surface area contributed by atoms with Crippen molar-refractivity contribution in [2.45, 2.75) is 44.4 Å². The Morgan fingerprint density at radius 3 is 2.43 bits per heavy atom. The van der Waals surface area contributed by atoms with Gasteiger partial charge in [0.15, 0.2) is 0 Å². The molecule has 1 amide bonds. The SMILES string of the molecule is CCN(CC)S(=O)(=O)c1cc(NC(=O)C2CCCC2)ccc1Cl. The molecule has 2 rings (SSSR count). The number of benzene rings is 1. The van der Waals surface area contributed by atoms with Crippen LogP contribution in [-0.2, 0) is 14.8 Å². The fraction of sp³-hybridized carbons (Fsp3) is 0.562. The summed E-state index contributed by atoms with van der Waals surface area (Å²) in [4.78, 5) is 12.2. The van der Waals surface area contributed by atoms with Gasteiger partial charge in [0.05, 0.1) is 5.02 Å². The molecule has 5 nitrogen and oxygen atoms in total. The zero-order valence-electron chi connectivity index (χ0n) is 13.5. The Morgan fingerprint density at radius 1 is 1.26 bits per heavy atom. The third-order valence-corrected chi connectivity index (χ3v) is 6.78. The van der Waals surface area contributed by atoms with E-state index >= 15 is 0 Å². The van der Waals surface area contributed by atoms with Gasteiger partial charge in [-0.1, -0.05) is 38.3 Å². The Bertz CT molecular complexity index is 666. The molecule has 1 aromatic carbocycles. The van der Waals surface area contributed by atoms with Crippen molar-refractivity contribution in [2.75, 3.05) is 18.4 Å². The second-order valence-corrected chi connectivity index (χ2v) is 8.02. The third-order valence-electron chi connectivity index (χ3n) is 4.25. The lowest BCUT2D eigenvalue weighted by atomic mass is 10.1. The highest BCUT2D eigenvalue weighted by Gasteiger charge is 2.26. The lowest BCUT2D eigenvalue weighted by Crippen LogP contribution is -2.31. The fourth-order valence-electron chi connectivity index (χ4n) is 2.91. The zero-order valence-corrected chi connectivity index (χ0v) is 15.1. The molecule has 0 aromatic heterocycles. The van der Waals surface area contributed by atoms with Crippen molar-refractivity contribution in [2.24, 2.45) is 5.92 Å². The smallest absolute Gasteiger partial charge is 0.244 e. The molecule has 0 radical (unpaired) electrons. The molecule has 1 N–H and O–H groups in total. The number of hydrogen-bond acceptors (Lipinski definition) is 3. The molecule has 1 aliphatic carbocycles. The normalized spacial score (nSPS) is 16.0. The van der Waals surface area contributed by atoms with E-state index in [9.17, 15) is 13.2 Å². The highest BCUT2D eigenvalue weighted by molar-refractivity contribution is 7.89. The summed E-state index contributed by atoms with van der Waals surface area (Å²) < 4.78 is 26.6. The maximum Gasteiger partial charge on any atom is 0.244 e. The first kappa shape index (κ1) is 18.2. The first-order valence-corrected chi connectivity index (χ1v) is 9.82. The molecule has 0 heterocycles. The van der Waals surface area contributed by atoms with Crippen molar-refractivity contribution in [1.29, 1.82) is 0 Å². The minimum Gasteiger partial charge on any atom is -0.326 e.